The number of nitrogens with one attached hydrogen (secondary N) is 1. The lowest BCUT2D eigenvalue weighted by molar-refractivity contribution is -0.125. The van der Waals surface area contributed by atoms with Crippen LogP contribution in [0, 0.1) is 0 Å². The highest BCUT2D eigenvalue weighted by Crippen LogP contribution is 2.29. The molecule has 2 heterocycles. The van der Waals surface area contributed by atoms with E-state index >= 15 is 0 Å². The van der Waals surface area contributed by atoms with E-state index in [9.17, 15) is 9.59 Å². The maximum absolute atomic E-state index is 13.2. The molecule has 1 amide bonds. The van der Waals surface area contributed by atoms with Crippen LogP contribution in [0.3, 0.4) is 0 Å². The Balaban J connectivity index is 1.49. The number of carbonyl (C=O) groups excluding carboxylic acids is 2. The van der Waals surface area contributed by atoms with Crippen LogP contribution in [0.25, 0.3) is 0 Å². The first-order valence-corrected chi connectivity index (χ1v) is 11.2. The van der Waals surface area contributed by atoms with Crippen molar-refractivity contribution in [1.82, 2.24) is 25.2 Å². The number of benzene rings is 2. The van der Waals surface area contributed by atoms with E-state index in [-0.39, 0.29) is 23.7 Å². The summed E-state index contributed by atoms with van der Waals surface area (Å²) in [6, 6.07) is 14.7. The largest absolute Gasteiger partial charge is 0.497 e. The number of nitrogens with zero attached hydrogens (tertiary/aromatic N) is 4. The Bertz CT molecular complexity index is 1150. The van der Waals surface area contributed by atoms with Gasteiger partial charge in [0, 0.05) is 24.7 Å². The van der Waals surface area contributed by atoms with Crippen LogP contribution in [0.1, 0.15) is 34.1 Å². The number of ether oxygens (including phenoxy) is 2. The summed E-state index contributed by atoms with van der Waals surface area (Å²) in [7, 11) is 2.91. The van der Waals surface area contributed by atoms with Crippen LogP contribution in [0.2, 0.25) is 5.02 Å². The van der Waals surface area contributed by atoms with E-state index in [1.165, 1.54) is 7.11 Å². The lowest BCUT2D eigenvalue weighted by atomic mass is 10.1. The predicted octanol–water partition coefficient (Wildman–Crippen LogP) is 2.86. The Morgan fingerprint density at radius 2 is 1.94 bits per heavy atom. The van der Waals surface area contributed by atoms with Crippen LogP contribution in [-0.4, -0.2) is 58.6 Å². The van der Waals surface area contributed by atoms with Crippen LogP contribution in [-0.2, 0) is 22.6 Å². The second-order valence-electron chi connectivity index (χ2n) is 8.11. The number of likely N-dealkylation sites (tertiary alicyclic amines) is 1. The number of rotatable bonds is 8. The summed E-state index contributed by atoms with van der Waals surface area (Å²) in [5.41, 5.74) is 2.12. The number of hydrogen-bond donors (Lipinski definition) is 1. The van der Waals surface area contributed by atoms with E-state index in [2.05, 4.69) is 20.5 Å². The van der Waals surface area contributed by atoms with Crippen molar-refractivity contribution in [2.24, 2.45) is 0 Å². The molecular weight excluding hydrogens is 458 g/mol. The van der Waals surface area contributed by atoms with Crippen LogP contribution in [0.15, 0.2) is 54.7 Å². The zero-order chi connectivity index (χ0) is 24.1. The van der Waals surface area contributed by atoms with Crippen molar-refractivity contribution in [1.29, 1.82) is 0 Å². The molecule has 0 unspecified atom stereocenters. The Hall–Kier alpha value is -3.43. The van der Waals surface area contributed by atoms with Crippen LogP contribution < -0.4 is 10.1 Å². The number of esters is 1. The van der Waals surface area contributed by atoms with Crippen molar-refractivity contribution in [2.45, 2.75) is 31.6 Å². The number of aromatic nitrogens is 3. The summed E-state index contributed by atoms with van der Waals surface area (Å²) >= 11 is 6.17. The van der Waals surface area contributed by atoms with Gasteiger partial charge in [0.2, 0.25) is 5.91 Å². The van der Waals surface area contributed by atoms with E-state index in [4.69, 9.17) is 21.1 Å². The summed E-state index contributed by atoms with van der Waals surface area (Å²) in [6.45, 7) is 1.53. The van der Waals surface area contributed by atoms with E-state index in [1.54, 1.807) is 18.0 Å². The van der Waals surface area contributed by atoms with Crippen molar-refractivity contribution in [2.75, 3.05) is 20.8 Å². The molecule has 1 fully saturated rings. The Labute approximate surface area is 202 Å². The van der Waals surface area contributed by atoms with E-state index < -0.39 is 5.97 Å². The molecule has 2 atom stereocenters. The highest BCUT2D eigenvalue weighted by Gasteiger charge is 2.38. The smallest absolute Gasteiger partial charge is 0.360 e. The third-order valence-electron chi connectivity index (χ3n) is 5.86. The minimum Gasteiger partial charge on any atom is -0.497 e. The van der Waals surface area contributed by atoms with E-state index in [0.29, 0.717) is 31.1 Å². The molecular formula is C24H26ClN5O4. The fourth-order valence-corrected chi connectivity index (χ4v) is 4.30. The third kappa shape index (κ3) is 5.55. The molecule has 0 saturated carbocycles. The topological polar surface area (TPSA) is 98.6 Å². The molecule has 10 heteroatoms. The van der Waals surface area contributed by atoms with Gasteiger partial charge in [-0.25, -0.2) is 9.48 Å². The Morgan fingerprint density at radius 3 is 2.65 bits per heavy atom. The van der Waals surface area contributed by atoms with Gasteiger partial charge in [0.25, 0.3) is 0 Å². The van der Waals surface area contributed by atoms with Crippen molar-refractivity contribution in [3.63, 3.8) is 0 Å². The fraction of sp³-hybridized carbons (Fsp3) is 0.333. The summed E-state index contributed by atoms with van der Waals surface area (Å²) in [5.74, 6) is 0.142. The molecule has 0 aliphatic carbocycles. The standard InChI is InChI=1S/C24H26ClN5O4/c1-33-20-8-6-16(7-9-20)12-26-23(31)22-11-19(30-15-21(27-28-30)24(32)34-2)14-29(22)13-17-4-3-5-18(25)10-17/h3-10,15,19,22H,11-14H2,1-2H3,(H,26,31)/t19-,22+/m1/s1. The molecule has 2 aromatic carbocycles. The quantitative estimate of drug-likeness (QED) is 0.492. The molecule has 0 bridgehead atoms. The van der Waals surface area contributed by atoms with Crippen molar-refractivity contribution in [3.05, 3.63) is 76.6 Å². The maximum Gasteiger partial charge on any atom is 0.360 e. The van der Waals surface area contributed by atoms with Crippen LogP contribution in [0.4, 0.5) is 0 Å². The average molecular weight is 484 g/mol. The third-order valence-corrected chi connectivity index (χ3v) is 6.10. The molecule has 1 aliphatic rings. The van der Waals surface area contributed by atoms with Gasteiger partial charge in [-0.1, -0.05) is 41.1 Å². The molecule has 4 rings (SSSR count). The molecule has 34 heavy (non-hydrogen) atoms. The minimum absolute atomic E-state index is 0.0753. The molecule has 1 aromatic heterocycles. The predicted molar refractivity (Wildman–Crippen MR) is 126 cm³/mol. The molecule has 178 valence electrons. The fourth-order valence-electron chi connectivity index (χ4n) is 4.09. The lowest BCUT2D eigenvalue weighted by Gasteiger charge is -2.23. The lowest BCUT2D eigenvalue weighted by Crippen LogP contribution is -2.42. The molecule has 0 spiro atoms. The highest BCUT2D eigenvalue weighted by atomic mass is 35.5. The number of halogens is 1. The monoisotopic (exact) mass is 483 g/mol. The number of carbonyl (C=O) groups is 2. The molecule has 3 aromatic rings. The van der Waals surface area contributed by atoms with E-state index in [0.717, 1.165) is 16.9 Å². The molecule has 1 N–H and O–H groups in total. The number of hydrogen-bond acceptors (Lipinski definition) is 7. The first-order valence-electron chi connectivity index (χ1n) is 10.9. The normalized spacial score (nSPS) is 18.0. The van der Waals surface area contributed by atoms with Gasteiger partial charge in [0.05, 0.1) is 32.5 Å². The first-order chi connectivity index (χ1) is 16.5. The van der Waals surface area contributed by atoms with Gasteiger partial charge in [0.1, 0.15) is 5.75 Å². The zero-order valence-electron chi connectivity index (χ0n) is 19.0. The van der Waals surface area contributed by atoms with Gasteiger partial charge in [-0.3, -0.25) is 9.69 Å². The molecule has 9 nitrogen and oxygen atoms in total. The second-order valence-corrected chi connectivity index (χ2v) is 8.54. The number of methoxy groups -OCH3 is 2. The Morgan fingerprint density at radius 1 is 1.15 bits per heavy atom. The summed E-state index contributed by atoms with van der Waals surface area (Å²) < 4.78 is 11.5. The van der Waals surface area contributed by atoms with E-state index in [1.807, 2.05) is 48.5 Å². The molecule has 1 saturated heterocycles. The minimum atomic E-state index is -0.547. The molecule has 1 aliphatic heterocycles. The SMILES string of the molecule is COC(=O)c1cn([C@@H]2C[C@@H](C(=O)NCc3ccc(OC)cc3)N(Cc3cccc(Cl)c3)C2)nn1. The van der Waals surface area contributed by atoms with Crippen LogP contribution >= 0.6 is 11.6 Å². The average Bonchev–Trinajstić information content (AvgIpc) is 3.50. The summed E-state index contributed by atoms with van der Waals surface area (Å²) in [5, 5.41) is 11.7. The maximum atomic E-state index is 13.2. The van der Waals surface area contributed by atoms with Gasteiger partial charge in [0.15, 0.2) is 5.69 Å². The summed E-state index contributed by atoms with van der Waals surface area (Å²) in [4.78, 5) is 27.1. The van der Waals surface area contributed by atoms with Crippen molar-refractivity contribution in [3.8, 4) is 5.75 Å². The van der Waals surface area contributed by atoms with Crippen LogP contribution in [0.5, 0.6) is 5.75 Å². The molecule has 0 radical (unpaired) electrons. The van der Waals surface area contributed by atoms with Gasteiger partial charge < -0.3 is 14.8 Å². The summed E-state index contributed by atoms with van der Waals surface area (Å²) in [6.07, 6.45) is 2.09. The Kier molecular flexibility index (Phi) is 7.44. The first kappa shape index (κ1) is 23.7. The second kappa shape index (κ2) is 10.7. The highest BCUT2D eigenvalue weighted by molar-refractivity contribution is 6.30. The van der Waals surface area contributed by atoms with Crippen molar-refractivity contribution >= 4 is 23.5 Å². The zero-order valence-corrected chi connectivity index (χ0v) is 19.7. The van der Waals surface area contributed by atoms with Gasteiger partial charge in [-0.2, -0.15) is 0 Å². The number of amides is 1. The van der Waals surface area contributed by atoms with Gasteiger partial charge in [-0.15, -0.1) is 5.10 Å². The van der Waals surface area contributed by atoms with Gasteiger partial charge >= 0.3 is 5.97 Å². The van der Waals surface area contributed by atoms with Gasteiger partial charge in [-0.05, 0) is 41.8 Å². The van der Waals surface area contributed by atoms with Crippen molar-refractivity contribution < 1.29 is 19.1 Å².